The smallest absolute Gasteiger partial charge is 0.339 e. The number of amides is 1. The molecule has 4 bridgehead atoms. The standard InChI is InChI=1S/C25H27NO5/c1-31-22-5-2-17(23(28)26-18-3-4-19(24(29)30)21(27)10-18)9-20(22)25-11-14-6-15(12-25)8-16(7-14)13-25/h2-5,9-10,14-16,27H,6-8,11-13H2,1H3,(H,26,28)(H,29,30). The van der Waals surface area contributed by atoms with Gasteiger partial charge in [0.25, 0.3) is 5.91 Å². The minimum absolute atomic E-state index is 0.0950. The van der Waals surface area contributed by atoms with E-state index in [1.165, 1.54) is 56.7 Å². The number of ether oxygens (including phenoxy) is 1. The van der Waals surface area contributed by atoms with Crippen LogP contribution >= 0.6 is 0 Å². The topological polar surface area (TPSA) is 95.9 Å². The van der Waals surface area contributed by atoms with Gasteiger partial charge in [0.2, 0.25) is 0 Å². The fourth-order valence-corrected chi connectivity index (χ4v) is 6.70. The van der Waals surface area contributed by atoms with Gasteiger partial charge in [0.15, 0.2) is 0 Å². The zero-order valence-electron chi connectivity index (χ0n) is 17.6. The Morgan fingerprint density at radius 3 is 2.19 bits per heavy atom. The Bertz CT molecular complexity index is 1020. The van der Waals surface area contributed by atoms with E-state index in [0.29, 0.717) is 11.3 Å². The fraction of sp³-hybridized carbons (Fsp3) is 0.440. The molecule has 0 heterocycles. The number of carbonyl (C=O) groups excluding carboxylic acids is 1. The van der Waals surface area contributed by atoms with Crippen LogP contribution in [0.3, 0.4) is 0 Å². The van der Waals surface area contributed by atoms with Crippen LogP contribution in [-0.2, 0) is 5.41 Å². The molecule has 6 nitrogen and oxygen atoms in total. The molecular formula is C25H27NO5. The van der Waals surface area contributed by atoms with E-state index in [9.17, 15) is 14.7 Å². The number of benzene rings is 2. The Kier molecular flexibility index (Phi) is 4.68. The van der Waals surface area contributed by atoms with Gasteiger partial charge in [-0.2, -0.15) is 0 Å². The lowest BCUT2D eigenvalue weighted by atomic mass is 9.48. The number of aromatic hydroxyl groups is 1. The van der Waals surface area contributed by atoms with Crippen LogP contribution in [-0.4, -0.2) is 29.2 Å². The van der Waals surface area contributed by atoms with Crippen LogP contribution in [0.1, 0.15) is 64.8 Å². The molecule has 4 aliphatic rings. The lowest BCUT2D eigenvalue weighted by molar-refractivity contribution is -0.00617. The highest BCUT2D eigenvalue weighted by Crippen LogP contribution is 2.61. The molecule has 0 saturated heterocycles. The van der Waals surface area contributed by atoms with Crippen LogP contribution in [0.5, 0.6) is 11.5 Å². The summed E-state index contributed by atoms with van der Waals surface area (Å²) in [5, 5.41) is 21.7. The average Bonchev–Trinajstić information content (AvgIpc) is 2.72. The van der Waals surface area contributed by atoms with Gasteiger partial charge in [0, 0.05) is 22.9 Å². The van der Waals surface area contributed by atoms with Gasteiger partial charge >= 0.3 is 5.97 Å². The Morgan fingerprint density at radius 1 is 1.00 bits per heavy atom. The van der Waals surface area contributed by atoms with Gasteiger partial charge in [-0.25, -0.2) is 4.79 Å². The first kappa shape index (κ1) is 19.9. The Morgan fingerprint density at radius 2 is 1.65 bits per heavy atom. The summed E-state index contributed by atoms with van der Waals surface area (Å²) in [5.74, 6) is 1.30. The summed E-state index contributed by atoms with van der Waals surface area (Å²) < 4.78 is 5.72. The van der Waals surface area contributed by atoms with E-state index in [1.54, 1.807) is 13.2 Å². The molecule has 1 amide bonds. The zero-order valence-corrected chi connectivity index (χ0v) is 17.6. The van der Waals surface area contributed by atoms with Crippen molar-refractivity contribution in [2.45, 2.75) is 43.9 Å². The zero-order chi connectivity index (χ0) is 21.8. The monoisotopic (exact) mass is 421 g/mol. The second-order valence-electron chi connectivity index (χ2n) is 9.60. The van der Waals surface area contributed by atoms with E-state index >= 15 is 0 Å². The predicted octanol–water partition coefficient (Wildman–Crippen LogP) is 4.82. The maximum absolute atomic E-state index is 13.0. The predicted molar refractivity (Wildman–Crippen MR) is 116 cm³/mol. The van der Waals surface area contributed by atoms with Crippen molar-refractivity contribution in [2.24, 2.45) is 17.8 Å². The number of carbonyl (C=O) groups is 2. The van der Waals surface area contributed by atoms with Crippen molar-refractivity contribution in [3.8, 4) is 11.5 Å². The fourth-order valence-electron chi connectivity index (χ4n) is 6.70. The van der Waals surface area contributed by atoms with Crippen molar-refractivity contribution in [1.29, 1.82) is 0 Å². The molecule has 4 fully saturated rings. The molecule has 3 N–H and O–H groups in total. The summed E-state index contributed by atoms with van der Waals surface area (Å²) in [6, 6.07) is 9.63. The van der Waals surface area contributed by atoms with Crippen LogP contribution in [0.2, 0.25) is 0 Å². The van der Waals surface area contributed by atoms with Gasteiger partial charge in [-0.3, -0.25) is 4.79 Å². The lowest BCUT2D eigenvalue weighted by Gasteiger charge is -2.57. The van der Waals surface area contributed by atoms with Gasteiger partial charge in [-0.1, -0.05) is 0 Å². The third-order valence-corrected chi connectivity index (χ3v) is 7.56. The number of nitrogens with one attached hydrogen (secondary N) is 1. The van der Waals surface area contributed by atoms with Crippen molar-refractivity contribution >= 4 is 17.6 Å². The number of aromatic carboxylic acids is 1. The van der Waals surface area contributed by atoms with Crippen LogP contribution in [0.15, 0.2) is 36.4 Å². The first-order valence-corrected chi connectivity index (χ1v) is 10.9. The summed E-state index contributed by atoms with van der Waals surface area (Å²) in [7, 11) is 1.69. The molecule has 6 heteroatoms. The van der Waals surface area contributed by atoms with Crippen molar-refractivity contribution in [2.75, 3.05) is 12.4 Å². The molecule has 2 aromatic carbocycles. The molecule has 31 heavy (non-hydrogen) atoms. The first-order chi connectivity index (χ1) is 14.9. The highest BCUT2D eigenvalue weighted by Gasteiger charge is 2.52. The number of carboxylic acids is 1. The number of carboxylic acid groups (broad SMARTS) is 1. The van der Waals surface area contributed by atoms with E-state index < -0.39 is 5.97 Å². The molecular weight excluding hydrogens is 394 g/mol. The Hall–Kier alpha value is -3.02. The molecule has 4 aliphatic carbocycles. The first-order valence-electron chi connectivity index (χ1n) is 10.9. The van der Waals surface area contributed by atoms with Crippen molar-refractivity contribution in [3.05, 3.63) is 53.1 Å². The molecule has 2 aromatic rings. The van der Waals surface area contributed by atoms with Gasteiger partial charge < -0.3 is 20.3 Å². The Labute approximate surface area is 181 Å². The van der Waals surface area contributed by atoms with E-state index in [1.807, 2.05) is 12.1 Å². The van der Waals surface area contributed by atoms with Crippen LogP contribution in [0.25, 0.3) is 0 Å². The molecule has 0 aromatic heterocycles. The highest BCUT2D eigenvalue weighted by atomic mass is 16.5. The van der Waals surface area contributed by atoms with Crippen molar-refractivity contribution < 1.29 is 24.5 Å². The van der Waals surface area contributed by atoms with E-state index in [2.05, 4.69) is 5.32 Å². The number of methoxy groups -OCH3 is 1. The maximum Gasteiger partial charge on any atom is 0.339 e. The van der Waals surface area contributed by atoms with Crippen LogP contribution in [0, 0.1) is 17.8 Å². The molecule has 0 radical (unpaired) electrons. The van der Waals surface area contributed by atoms with Crippen LogP contribution in [0.4, 0.5) is 5.69 Å². The van der Waals surface area contributed by atoms with E-state index in [4.69, 9.17) is 9.84 Å². The van der Waals surface area contributed by atoms with Gasteiger partial charge in [0.1, 0.15) is 17.1 Å². The van der Waals surface area contributed by atoms with Gasteiger partial charge in [-0.15, -0.1) is 0 Å². The summed E-state index contributed by atoms with van der Waals surface area (Å²) in [6.45, 7) is 0. The molecule has 0 unspecified atom stereocenters. The number of rotatable bonds is 5. The third kappa shape index (κ3) is 3.44. The molecule has 0 spiro atoms. The molecule has 162 valence electrons. The number of anilines is 1. The molecule has 4 saturated carbocycles. The minimum Gasteiger partial charge on any atom is -0.507 e. The average molecular weight is 421 g/mol. The highest BCUT2D eigenvalue weighted by molar-refractivity contribution is 6.05. The van der Waals surface area contributed by atoms with Crippen molar-refractivity contribution in [3.63, 3.8) is 0 Å². The minimum atomic E-state index is -1.22. The molecule has 6 rings (SSSR count). The summed E-state index contributed by atoms with van der Waals surface area (Å²) in [4.78, 5) is 24.1. The van der Waals surface area contributed by atoms with Crippen LogP contribution < -0.4 is 10.1 Å². The number of phenols is 1. The maximum atomic E-state index is 13.0. The molecule has 0 atom stereocenters. The SMILES string of the molecule is COc1ccc(C(=O)Nc2ccc(C(=O)O)c(O)c2)cc1C12CC3CC(CC(C3)C1)C2. The Balaban J connectivity index is 1.44. The third-order valence-electron chi connectivity index (χ3n) is 7.56. The lowest BCUT2D eigenvalue weighted by Crippen LogP contribution is -2.48. The summed E-state index contributed by atoms with van der Waals surface area (Å²) >= 11 is 0. The van der Waals surface area contributed by atoms with Gasteiger partial charge in [0.05, 0.1) is 7.11 Å². The number of hydrogen-bond donors (Lipinski definition) is 3. The second-order valence-corrected chi connectivity index (χ2v) is 9.60. The number of hydrogen-bond acceptors (Lipinski definition) is 4. The summed E-state index contributed by atoms with van der Waals surface area (Å²) in [6.07, 6.45) is 7.55. The summed E-state index contributed by atoms with van der Waals surface area (Å²) in [5.41, 5.74) is 1.92. The largest absolute Gasteiger partial charge is 0.507 e. The quantitative estimate of drug-likeness (QED) is 0.643. The van der Waals surface area contributed by atoms with E-state index in [0.717, 1.165) is 29.1 Å². The molecule has 0 aliphatic heterocycles. The van der Waals surface area contributed by atoms with E-state index in [-0.39, 0.29) is 22.6 Å². The van der Waals surface area contributed by atoms with Gasteiger partial charge in [-0.05, 0) is 92.0 Å². The normalized spacial score (nSPS) is 28.4. The second kappa shape index (κ2) is 7.29. The van der Waals surface area contributed by atoms with Crippen molar-refractivity contribution in [1.82, 2.24) is 0 Å².